The van der Waals surface area contributed by atoms with E-state index in [1.54, 1.807) is 36.4 Å². The average molecular weight is 353 g/mol. The van der Waals surface area contributed by atoms with E-state index in [1.807, 2.05) is 0 Å². The summed E-state index contributed by atoms with van der Waals surface area (Å²) < 4.78 is 5.11. The van der Waals surface area contributed by atoms with Gasteiger partial charge in [-0.2, -0.15) is 0 Å². The fraction of sp³-hybridized carbons (Fsp3) is 0.125. The van der Waals surface area contributed by atoms with Gasteiger partial charge in [0.15, 0.2) is 6.10 Å². The largest absolute Gasteiger partial charge is 0.449 e. The minimum absolute atomic E-state index is 0.197. The lowest BCUT2D eigenvalue weighted by Gasteiger charge is -2.15. The van der Waals surface area contributed by atoms with Crippen molar-refractivity contribution in [1.29, 1.82) is 0 Å². The molecule has 0 saturated carbocycles. The van der Waals surface area contributed by atoms with Crippen LogP contribution in [0.2, 0.25) is 10.0 Å². The number of para-hydroxylation sites is 2. The van der Waals surface area contributed by atoms with Crippen molar-refractivity contribution >= 4 is 46.5 Å². The van der Waals surface area contributed by atoms with E-state index in [1.165, 1.54) is 13.0 Å². The molecule has 1 amide bonds. The highest BCUT2D eigenvalue weighted by Gasteiger charge is 2.21. The van der Waals surface area contributed by atoms with Crippen molar-refractivity contribution in [3.63, 3.8) is 0 Å². The Morgan fingerprint density at radius 2 is 1.70 bits per heavy atom. The molecular weight excluding hydrogens is 339 g/mol. The molecule has 7 heteroatoms. The van der Waals surface area contributed by atoms with Gasteiger partial charge in [-0.25, -0.2) is 4.79 Å². The molecule has 0 aromatic heterocycles. The molecule has 2 rings (SSSR count). The normalized spacial score (nSPS) is 11.6. The van der Waals surface area contributed by atoms with Crippen molar-refractivity contribution in [2.24, 2.45) is 0 Å². The maximum Gasteiger partial charge on any atom is 0.341 e. The third-order valence-corrected chi connectivity index (χ3v) is 3.67. The Morgan fingerprint density at radius 3 is 2.30 bits per heavy atom. The van der Waals surface area contributed by atoms with Crippen molar-refractivity contribution in [3.05, 3.63) is 58.1 Å². The number of nitrogens with one attached hydrogen (secondary N) is 1. The Balaban J connectivity index is 2.06. The molecular formula is C16H14Cl2N2O3. The third-order valence-electron chi connectivity index (χ3n) is 3.04. The van der Waals surface area contributed by atoms with E-state index in [2.05, 4.69) is 5.32 Å². The number of ether oxygens (including phenoxy) is 1. The highest BCUT2D eigenvalue weighted by Crippen LogP contribution is 2.30. The maximum atomic E-state index is 12.1. The highest BCUT2D eigenvalue weighted by atomic mass is 35.5. The topological polar surface area (TPSA) is 81.4 Å². The molecule has 0 aliphatic heterocycles. The number of amides is 1. The van der Waals surface area contributed by atoms with Gasteiger partial charge in [-0.3, -0.25) is 4.79 Å². The molecule has 0 unspecified atom stereocenters. The van der Waals surface area contributed by atoms with Crippen LogP contribution < -0.4 is 11.1 Å². The summed E-state index contributed by atoms with van der Waals surface area (Å²) in [6.07, 6.45) is -1.05. The molecule has 2 aromatic carbocycles. The van der Waals surface area contributed by atoms with Gasteiger partial charge < -0.3 is 15.8 Å². The van der Waals surface area contributed by atoms with Gasteiger partial charge in [0, 0.05) is 5.69 Å². The molecule has 0 aliphatic carbocycles. The number of anilines is 2. The zero-order valence-corrected chi connectivity index (χ0v) is 13.7. The van der Waals surface area contributed by atoms with E-state index in [9.17, 15) is 9.59 Å². The Kier molecular flexibility index (Phi) is 5.47. The first kappa shape index (κ1) is 17.1. The first-order chi connectivity index (χ1) is 10.9. The number of halogens is 2. The van der Waals surface area contributed by atoms with E-state index >= 15 is 0 Å². The standard InChI is InChI=1S/C16H14Cl2N2O3/c1-9(23-16(22)10-5-2-3-8-13(10)19)15(21)20-14-11(17)6-4-7-12(14)18/h2-9H,19H2,1H3,(H,20,21)/t9-/m1/s1. The Labute approximate surface area is 143 Å². The van der Waals surface area contributed by atoms with Crippen molar-refractivity contribution < 1.29 is 14.3 Å². The summed E-state index contributed by atoms with van der Waals surface area (Å²) in [5.41, 5.74) is 6.44. The number of rotatable bonds is 4. The molecule has 2 aromatic rings. The minimum atomic E-state index is -1.05. The van der Waals surface area contributed by atoms with E-state index in [0.29, 0.717) is 0 Å². The molecule has 5 nitrogen and oxygen atoms in total. The highest BCUT2D eigenvalue weighted by molar-refractivity contribution is 6.39. The SMILES string of the molecule is C[C@@H](OC(=O)c1ccccc1N)C(=O)Nc1c(Cl)cccc1Cl. The van der Waals surface area contributed by atoms with Crippen LogP contribution >= 0.6 is 23.2 Å². The van der Waals surface area contributed by atoms with Crippen molar-refractivity contribution in [2.45, 2.75) is 13.0 Å². The van der Waals surface area contributed by atoms with Gasteiger partial charge in [-0.15, -0.1) is 0 Å². The third kappa shape index (κ3) is 4.15. The zero-order chi connectivity index (χ0) is 17.0. The molecule has 0 aliphatic rings. The van der Waals surface area contributed by atoms with Crippen molar-refractivity contribution in [1.82, 2.24) is 0 Å². The zero-order valence-electron chi connectivity index (χ0n) is 12.2. The molecule has 1 atom stereocenters. The second-order valence-electron chi connectivity index (χ2n) is 4.72. The number of nitrogens with two attached hydrogens (primary N) is 1. The van der Waals surface area contributed by atoms with Gasteiger partial charge in [0.25, 0.3) is 5.91 Å². The summed E-state index contributed by atoms with van der Waals surface area (Å²) in [5, 5.41) is 3.12. The van der Waals surface area contributed by atoms with Crippen LogP contribution in [0.15, 0.2) is 42.5 Å². The van der Waals surface area contributed by atoms with Gasteiger partial charge in [0.05, 0.1) is 21.3 Å². The van der Waals surface area contributed by atoms with Crippen LogP contribution in [0.1, 0.15) is 17.3 Å². The van der Waals surface area contributed by atoms with Crippen LogP contribution in [-0.2, 0) is 9.53 Å². The number of hydrogen-bond donors (Lipinski definition) is 2. The molecule has 23 heavy (non-hydrogen) atoms. The number of benzene rings is 2. The van der Waals surface area contributed by atoms with Crippen LogP contribution in [0.5, 0.6) is 0 Å². The van der Waals surface area contributed by atoms with Gasteiger partial charge in [-0.1, -0.05) is 41.4 Å². The van der Waals surface area contributed by atoms with Crippen LogP contribution in [0.4, 0.5) is 11.4 Å². The minimum Gasteiger partial charge on any atom is -0.449 e. The summed E-state index contributed by atoms with van der Waals surface area (Å²) in [4.78, 5) is 24.2. The molecule has 120 valence electrons. The van der Waals surface area contributed by atoms with Gasteiger partial charge in [0.1, 0.15) is 0 Å². The first-order valence-corrected chi connectivity index (χ1v) is 7.46. The van der Waals surface area contributed by atoms with Gasteiger partial charge >= 0.3 is 5.97 Å². The lowest BCUT2D eigenvalue weighted by atomic mass is 10.2. The molecule has 3 N–H and O–H groups in total. The summed E-state index contributed by atoms with van der Waals surface area (Å²) in [7, 11) is 0. The molecule has 0 heterocycles. The van der Waals surface area contributed by atoms with Crippen LogP contribution in [0.3, 0.4) is 0 Å². The molecule has 0 spiro atoms. The number of carbonyl (C=O) groups excluding carboxylic acids is 2. The number of esters is 1. The van der Waals surface area contributed by atoms with Crippen LogP contribution in [-0.4, -0.2) is 18.0 Å². The second-order valence-corrected chi connectivity index (χ2v) is 5.54. The summed E-state index contributed by atoms with van der Waals surface area (Å²) in [6, 6.07) is 11.3. The number of hydrogen-bond acceptors (Lipinski definition) is 4. The Morgan fingerprint density at radius 1 is 1.09 bits per heavy atom. The quantitative estimate of drug-likeness (QED) is 0.648. The molecule has 0 bridgehead atoms. The second kappa shape index (κ2) is 7.35. The fourth-order valence-electron chi connectivity index (χ4n) is 1.80. The van der Waals surface area contributed by atoms with E-state index in [-0.39, 0.29) is 27.0 Å². The predicted molar refractivity (Wildman–Crippen MR) is 90.8 cm³/mol. The number of carbonyl (C=O) groups is 2. The van der Waals surface area contributed by atoms with Gasteiger partial charge in [0.2, 0.25) is 0 Å². The summed E-state index contributed by atoms with van der Waals surface area (Å²) in [6.45, 7) is 1.44. The lowest BCUT2D eigenvalue weighted by molar-refractivity contribution is -0.123. The first-order valence-electron chi connectivity index (χ1n) is 6.70. The molecule has 0 saturated heterocycles. The molecule has 0 radical (unpaired) electrons. The summed E-state index contributed by atoms with van der Waals surface area (Å²) >= 11 is 12.0. The van der Waals surface area contributed by atoms with E-state index < -0.39 is 18.0 Å². The maximum absolute atomic E-state index is 12.1. The Bertz CT molecular complexity index is 730. The Hall–Kier alpha value is -2.24. The van der Waals surface area contributed by atoms with E-state index in [0.717, 1.165) is 0 Å². The summed E-state index contributed by atoms with van der Waals surface area (Å²) in [5.74, 6) is -1.24. The van der Waals surface area contributed by atoms with E-state index in [4.69, 9.17) is 33.7 Å². The fourth-order valence-corrected chi connectivity index (χ4v) is 2.29. The van der Waals surface area contributed by atoms with Gasteiger partial charge in [-0.05, 0) is 31.2 Å². The van der Waals surface area contributed by atoms with Crippen LogP contribution in [0.25, 0.3) is 0 Å². The lowest BCUT2D eigenvalue weighted by Crippen LogP contribution is -2.30. The molecule has 0 fully saturated rings. The smallest absolute Gasteiger partial charge is 0.341 e. The van der Waals surface area contributed by atoms with Crippen LogP contribution in [0, 0.1) is 0 Å². The monoisotopic (exact) mass is 352 g/mol. The van der Waals surface area contributed by atoms with Crippen molar-refractivity contribution in [3.8, 4) is 0 Å². The van der Waals surface area contributed by atoms with Crippen molar-refractivity contribution in [2.75, 3.05) is 11.1 Å². The average Bonchev–Trinajstić information content (AvgIpc) is 2.51. The number of nitrogen functional groups attached to an aromatic ring is 1. The predicted octanol–water partition coefficient (Wildman–Crippen LogP) is 3.76.